The summed E-state index contributed by atoms with van der Waals surface area (Å²) < 4.78 is 0. The Kier molecular flexibility index (Phi) is 1.80. The molecule has 1 aliphatic heterocycles. The van der Waals surface area contributed by atoms with E-state index in [1.165, 1.54) is 11.5 Å². The second-order valence-corrected chi connectivity index (χ2v) is 3.29. The smallest absolute Gasteiger partial charge is 0.0656 e. The molecular weight excluding hydrogens is 118 g/mol. The molecule has 0 saturated carbocycles. The second-order valence-electron chi connectivity index (χ2n) is 2.22. The molecule has 44 valence electrons. The summed E-state index contributed by atoms with van der Waals surface area (Å²) in [6.07, 6.45) is 0. The van der Waals surface area contributed by atoms with Gasteiger partial charge in [-0.15, -0.1) is 0 Å². The summed E-state index contributed by atoms with van der Waals surface area (Å²) >= 11 is 1.94. The molecule has 1 unspecified atom stereocenters. The van der Waals surface area contributed by atoms with Crippen LogP contribution in [0, 0.1) is 23.2 Å². The van der Waals surface area contributed by atoms with E-state index in [1.54, 1.807) is 0 Å². The van der Waals surface area contributed by atoms with Crippen LogP contribution in [0.4, 0.5) is 0 Å². The fraction of sp³-hybridized carbons (Fsp3) is 0.833. The van der Waals surface area contributed by atoms with Gasteiger partial charge in [0, 0.05) is 5.92 Å². The van der Waals surface area contributed by atoms with Crippen molar-refractivity contribution >= 4 is 11.8 Å². The molecule has 0 aromatic rings. The van der Waals surface area contributed by atoms with Crippen molar-refractivity contribution in [3.8, 4) is 6.07 Å². The molecule has 1 atom stereocenters. The van der Waals surface area contributed by atoms with E-state index < -0.39 is 0 Å². The third-order valence-corrected chi connectivity index (χ3v) is 2.90. The van der Waals surface area contributed by atoms with E-state index in [1.807, 2.05) is 18.7 Å². The van der Waals surface area contributed by atoms with E-state index in [0.29, 0.717) is 5.92 Å². The number of nitrogens with zero attached hydrogens (tertiary/aromatic N) is 1. The standard InChI is InChI=1S/C6H9NS/c1-5(2-7)6-3-8-4-6/h5-6H,3-4H2,1H3. The zero-order valence-corrected chi connectivity index (χ0v) is 5.74. The molecule has 2 heteroatoms. The number of hydrogen-bond donors (Lipinski definition) is 0. The zero-order valence-electron chi connectivity index (χ0n) is 4.92. The van der Waals surface area contributed by atoms with E-state index in [0.717, 1.165) is 0 Å². The van der Waals surface area contributed by atoms with Gasteiger partial charge in [-0.2, -0.15) is 17.0 Å². The van der Waals surface area contributed by atoms with Crippen molar-refractivity contribution in [1.29, 1.82) is 5.26 Å². The third-order valence-electron chi connectivity index (χ3n) is 1.57. The van der Waals surface area contributed by atoms with Crippen molar-refractivity contribution in [3.63, 3.8) is 0 Å². The summed E-state index contributed by atoms with van der Waals surface area (Å²) in [5.41, 5.74) is 0. The lowest BCUT2D eigenvalue weighted by molar-refractivity contribution is 0.508. The molecule has 0 N–H and O–H groups in total. The molecule has 0 aliphatic carbocycles. The van der Waals surface area contributed by atoms with Crippen LogP contribution in [0.25, 0.3) is 0 Å². The number of rotatable bonds is 1. The molecule has 0 aromatic heterocycles. The molecule has 0 amide bonds. The average molecular weight is 127 g/mol. The maximum Gasteiger partial charge on any atom is 0.0656 e. The summed E-state index contributed by atoms with van der Waals surface area (Å²) in [7, 11) is 0. The molecule has 1 aliphatic rings. The molecule has 1 fully saturated rings. The predicted molar refractivity (Wildman–Crippen MR) is 35.6 cm³/mol. The maximum atomic E-state index is 8.41. The van der Waals surface area contributed by atoms with Gasteiger partial charge >= 0.3 is 0 Å². The Bertz CT molecular complexity index is 112. The monoisotopic (exact) mass is 127 g/mol. The Hall–Kier alpha value is -0.160. The lowest BCUT2D eigenvalue weighted by Crippen LogP contribution is -2.24. The van der Waals surface area contributed by atoms with Crippen molar-refractivity contribution in [3.05, 3.63) is 0 Å². The minimum Gasteiger partial charge on any atom is -0.198 e. The van der Waals surface area contributed by atoms with E-state index in [-0.39, 0.29) is 5.92 Å². The van der Waals surface area contributed by atoms with Gasteiger partial charge in [0.25, 0.3) is 0 Å². The maximum absolute atomic E-state index is 8.41. The Morgan fingerprint density at radius 2 is 2.38 bits per heavy atom. The first-order chi connectivity index (χ1) is 3.84. The molecule has 1 heterocycles. The fourth-order valence-corrected chi connectivity index (χ4v) is 1.73. The lowest BCUT2D eigenvalue weighted by atomic mass is 9.99. The highest BCUT2D eigenvalue weighted by molar-refractivity contribution is 8.00. The van der Waals surface area contributed by atoms with Crippen LogP contribution in [0.2, 0.25) is 0 Å². The van der Waals surface area contributed by atoms with Crippen molar-refractivity contribution in [2.24, 2.45) is 11.8 Å². The van der Waals surface area contributed by atoms with Crippen LogP contribution in [0.5, 0.6) is 0 Å². The van der Waals surface area contributed by atoms with Crippen LogP contribution in [0.3, 0.4) is 0 Å². The number of nitriles is 1. The lowest BCUT2D eigenvalue weighted by Gasteiger charge is -2.26. The van der Waals surface area contributed by atoms with Crippen LogP contribution >= 0.6 is 11.8 Å². The quantitative estimate of drug-likeness (QED) is 0.533. The summed E-state index contributed by atoms with van der Waals surface area (Å²) in [5.74, 6) is 3.39. The molecule has 0 aromatic carbocycles. The van der Waals surface area contributed by atoms with Gasteiger partial charge in [0.15, 0.2) is 0 Å². The summed E-state index contributed by atoms with van der Waals surface area (Å²) in [5, 5.41) is 8.41. The first kappa shape index (κ1) is 5.97. The van der Waals surface area contributed by atoms with Crippen molar-refractivity contribution in [2.45, 2.75) is 6.92 Å². The van der Waals surface area contributed by atoms with Crippen molar-refractivity contribution in [1.82, 2.24) is 0 Å². The highest BCUT2D eigenvalue weighted by atomic mass is 32.2. The van der Waals surface area contributed by atoms with Gasteiger partial charge in [-0.1, -0.05) is 0 Å². The van der Waals surface area contributed by atoms with E-state index >= 15 is 0 Å². The van der Waals surface area contributed by atoms with Crippen LogP contribution < -0.4 is 0 Å². The van der Waals surface area contributed by atoms with Gasteiger partial charge in [-0.25, -0.2) is 0 Å². The minimum atomic E-state index is 0.288. The van der Waals surface area contributed by atoms with Crippen LogP contribution in [-0.4, -0.2) is 11.5 Å². The Balaban J connectivity index is 2.26. The summed E-state index contributed by atoms with van der Waals surface area (Å²) in [6.45, 7) is 2.00. The Morgan fingerprint density at radius 3 is 2.50 bits per heavy atom. The Morgan fingerprint density at radius 1 is 1.75 bits per heavy atom. The molecule has 8 heavy (non-hydrogen) atoms. The first-order valence-corrected chi connectivity index (χ1v) is 3.97. The first-order valence-electron chi connectivity index (χ1n) is 2.82. The van der Waals surface area contributed by atoms with E-state index in [9.17, 15) is 0 Å². The topological polar surface area (TPSA) is 23.8 Å². The van der Waals surface area contributed by atoms with Gasteiger partial charge in [0.1, 0.15) is 0 Å². The molecule has 1 saturated heterocycles. The highest BCUT2D eigenvalue weighted by Gasteiger charge is 2.23. The highest BCUT2D eigenvalue weighted by Crippen LogP contribution is 2.30. The number of thioether (sulfide) groups is 1. The number of hydrogen-bond acceptors (Lipinski definition) is 2. The molecule has 1 nitrogen and oxygen atoms in total. The zero-order chi connectivity index (χ0) is 5.98. The van der Waals surface area contributed by atoms with Gasteiger partial charge in [0.2, 0.25) is 0 Å². The SMILES string of the molecule is CC(C#N)C1CSC1. The molecule has 0 spiro atoms. The third kappa shape index (κ3) is 0.976. The molecule has 1 rings (SSSR count). The Labute approximate surface area is 54.1 Å². The molecule has 0 bridgehead atoms. The van der Waals surface area contributed by atoms with Crippen LogP contribution in [0.15, 0.2) is 0 Å². The van der Waals surface area contributed by atoms with E-state index in [4.69, 9.17) is 5.26 Å². The van der Waals surface area contributed by atoms with Gasteiger partial charge in [0.05, 0.1) is 6.07 Å². The average Bonchev–Trinajstić information content (AvgIpc) is 1.62. The molecule has 0 radical (unpaired) electrons. The molecular formula is C6H9NS. The fourth-order valence-electron chi connectivity index (χ4n) is 0.648. The van der Waals surface area contributed by atoms with Gasteiger partial charge in [-0.3, -0.25) is 0 Å². The van der Waals surface area contributed by atoms with Crippen LogP contribution in [-0.2, 0) is 0 Å². The van der Waals surface area contributed by atoms with Gasteiger partial charge in [-0.05, 0) is 24.3 Å². The van der Waals surface area contributed by atoms with Gasteiger partial charge < -0.3 is 0 Å². The normalized spacial score (nSPS) is 23.5. The van der Waals surface area contributed by atoms with Crippen molar-refractivity contribution < 1.29 is 0 Å². The largest absolute Gasteiger partial charge is 0.198 e. The summed E-state index contributed by atoms with van der Waals surface area (Å²) in [6, 6.07) is 2.25. The minimum absolute atomic E-state index is 0.288. The van der Waals surface area contributed by atoms with E-state index in [2.05, 4.69) is 6.07 Å². The second kappa shape index (κ2) is 2.41. The summed E-state index contributed by atoms with van der Waals surface area (Å²) in [4.78, 5) is 0. The predicted octanol–water partition coefficient (Wildman–Crippen LogP) is 1.51. The van der Waals surface area contributed by atoms with Crippen LogP contribution in [0.1, 0.15) is 6.92 Å². The van der Waals surface area contributed by atoms with Crippen molar-refractivity contribution in [2.75, 3.05) is 11.5 Å².